The number of halogens is 1. The molecule has 4 heterocycles. The molecule has 9 nitrogen and oxygen atoms in total. The largest absolute Gasteiger partial charge is 0.507 e. The average Bonchev–Trinajstić information content (AvgIpc) is 3.23. The molecular formula is C22H25FN6O3S. The number of hydrogen-bond acceptors (Lipinski definition) is 9. The van der Waals surface area contributed by atoms with Gasteiger partial charge in [-0.3, -0.25) is 9.47 Å². The number of benzene rings is 1. The summed E-state index contributed by atoms with van der Waals surface area (Å²) in [6.45, 7) is 4.77. The van der Waals surface area contributed by atoms with E-state index < -0.39 is 23.5 Å². The molecule has 3 aromatic rings. The van der Waals surface area contributed by atoms with Gasteiger partial charge in [-0.25, -0.2) is 14.2 Å². The maximum Gasteiger partial charge on any atom is 0.350 e. The summed E-state index contributed by atoms with van der Waals surface area (Å²) in [5.74, 6) is 0.162. The first-order valence-corrected chi connectivity index (χ1v) is 11.5. The van der Waals surface area contributed by atoms with Crippen molar-refractivity contribution in [3.63, 3.8) is 0 Å². The molecule has 1 aliphatic carbocycles. The van der Waals surface area contributed by atoms with Crippen molar-refractivity contribution in [3.8, 4) is 32.9 Å². The second-order valence-electron chi connectivity index (χ2n) is 9.49. The highest BCUT2D eigenvalue weighted by Gasteiger charge is 2.61. The highest BCUT2D eigenvalue weighted by Crippen LogP contribution is 2.52. The van der Waals surface area contributed by atoms with Crippen LogP contribution < -0.4 is 10.4 Å². The molecule has 2 aliphatic heterocycles. The third kappa shape index (κ3) is 3.50. The van der Waals surface area contributed by atoms with E-state index in [-0.39, 0.29) is 22.2 Å². The summed E-state index contributed by atoms with van der Waals surface area (Å²) in [6, 6.07) is 4.83. The molecule has 0 radical (unpaired) electrons. The van der Waals surface area contributed by atoms with E-state index in [0.29, 0.717) is 16.1 Å². The average molecular weight is 473 g/mol. The fourth-order valence-electron chi connectivity index (χ4n) is 4.85. The Labute approximate surface area is 193 Å². The van der Waals surface area contributed by atoms with E-state index in [0.717, 1.165) is 30.7 Å². The molecule has 2 saturated heterocycles. The quantitative estimate of drug-likeness (QED) is 0.618. The van der Waals surface area contributed by atoms with E-state index in [4.69, 9.17) is 4.74 Å². The topological polar surface area (TPSA) is 106 Å². The summed E-state index contributed by atoms with van der Waals surface area (Å²) >= 11 is 1.16. The van der Waals surface area contributed by atoms with E-state index in [1.807, 2.05) is 14.0 Å². The van der Waals surface area contributed by atoms with Gasteiger partial charge in [0.05, 0.1) is 11.1 Å². The van der Waals surface area contributed by atoms with Crippen LogP contribution in [0.5, 0.6) is 10.9 Å². The fraction of sp³-hybridized carbons (Fsp3) is 0.500. The van der Waals surface area contributed by atoms with Crippen LogP contribution in [0, 0.1) is 5.41 Å². The molecule has 0 spiro atoms. The number of phenols is 1. The fourth-order valence-corrected chi connectivity index (χ4v) is 5.61. The SMILES string of the molecule is CN1C[C@@]2(C)CC[C@]1(C)[C@@H](F)[C@H]2Oc1nnc(-c2ccc(-c3ncn(C)c(=O)n3)cc2O)s1. The minimum absolute atomic E-state index is 0.0549. The molecule has 3 aliphatic rings. The molecule has 11 heteroatoms. The van der Waals surface area contributed by atoms with E-state index in [1.165, 1.54) is 17.0 Å². The number of rotatable bonds is 4. The molecule has 2 aromatic heterocycles. The predicted molar refractivity (Wildman–Crippen MR) is 121 cm³/mol. The molecule has 2 bridgehead atoms. The summed E-state index contributed by atoms with van der Waals surface area (Å²) in [5, 5.41) is 19.6. The first-order chi connectivity index (χ1) is 15.6. The van der Waals surface area contributed by atoms with E-state index in [1.54, 1.807) is 19.2 Å². The van der Waals surface area contributed by atoms with Crippen LogP contribution in [0.3, 0.4) is 0 Å². The second kappa shape index (κ2) is 7.56. The van der Waals surface area contributed by atoms with Gasteiger partial charge in [0.1, 0.15) is 18.2 Å². The van der Waals surface area contributed by atoms with Gasteiger partial charge in [-0.1, -0.05) is 29.4 Å². The zero-order chi connectivity index (χ0) is 23.5. The summed E-state index contributed by atoms with van der Waals surface area (Å²) in [4.78, 5) is 21.9. The van der Waals surface area contributed by atoms with Crippen molar-refractivity contribution < 1.29 is 14.2 Å². The van der Waals surface area contributed by atoms with Crippen molar-refractivity contribution in [2.45, 2.75) is 44.5 Å². The van der Waals surface area contributed by atoms with Gasteiger partial charge in [0.2, 0.25) is 0 Å². The van der Waals surface area contributed by atoms with Gasteiger partial charge >= 0.3 is 5.69 Å². The Bertz CT molecular complexity index is 1280. The van der Waals surface area contributed by atoms with Crippen molar-refractivity contribution >= 4 is 11.3 Å². The molecule has 1 saturated carbocycles. The number of ether oxygens (including phenoxy) is 1. The molecule has 4 atom stereocenters. The van der Waals surface area contributed by atoms with Crippen LogP contribution in [0.1, 0.15) is 26.7 Å². The van der Waals surface area contributed by atoms with Crippen LogP contribution in [-0.2, 0) is 7.05 Å². The number of aromatic hydroxyl groups is 1. The lowest BCUT2D eigenvalue weighted by Crippen LogP contribution is -2.72. The number of hydrogen-bond donors (Lipinski definition) is 1. The number of nitrogens with zero attached hydrogens (tertiary/aromatic N) is 6. The molecule has 3 fully saturated rings. The lowest BCUT2D eigenvalue weighted by Gasteiger charge is -2.60. The minimum Gasteiger partial charge on any atom is -0.507 e. The molecular weight excluding hydrogens is 447 g/mol. The summed E-state index contributed by atoms with van der Waals surface area (Å²) in [5.41, 5.74) is -0.349. The first-order valence-electron chi connectivity index (χ1n) is 10.7. The Hall–Kier alpha value is -2.92. The molecule has 0 unspecified atom stereocenters. The second-order valence-corrected chi connectivity index (χ2v) is 10.4. The third-order valence-corrected chi connectivity index (χ3v) is 8.04. The highest BCUT2D eigenvalue weighted by atomic mass is 32.1. The smallest absolute Gasteiger partial charge is 0.350 e. The number of alkyl halides is 1. The van der Waals surface area contributed by atoms with Crippen LogP contribution in [0.15, 0.2) is 29.3 Å². The monoisotopic (exact) mass is 472 g/mol. The number of piperidine rings is 2. The van der Waals surface area contributed by atoms with Crippen molar-refractivity contribution in [2.75, 3.05) is 13.6 Å². The van der Waals surface area contributed by atoms with Gasteiger partial charge in [0.25, 0.3) is 5.19 Å². The predicted octanol–water partition coefficient (Wildman–Crippen LogP) is 2.66. The van der Waals surface area contributed by atoms with Gasteiger partial charge in [0.15, 0.2) is 17.0 Å². The summed E-state index contributed by atoms with van der Waals surface area (Å²) in [7, 11) is 3.53. The van der Waals surface area contributed by atoms with Gasteiger partial charge < -0.3 is 9.84 Å². The van der Waals surface area contributed by atoms with Crippen LogP contribution in [0.2, 0.25) is 0 Å². The number of aryl methyl sites for hydroxylation is 1. The van der Waals surface area contributed by atoms with Gasteiger partial charge in [-0.15, -0.1) is 5.10 Å². The standard InChI is InChI=1S/C22H25FN6O3S/c1-21-7-8-22(2,29(4)10-21)15(23)16(21)32-20-27-26-18(33-20)13-6-5-12(9-14(13)30)17-24-11-28(3)19(31)25-17/h5-6,9,11,15-16,30H,7-8,10H2,1-4H3/t15-,16+,21+,22+/m0/s1. The van der Waals surface area contributed by atoms with Gasteiger partial charge in [-0.2, -0.15) is 4.98 Å². The summed E-state index contributed by atoms with van der Waals surface area (Å²) < 4.78 is 22.8. The van der Waals surface area contributed by atoms with E-state index >= 15 is 4.39 Å². The molecule has 1 N–H and O–H groups in total. The molecule has 6 rings (SSSR count). The third-order valence-electron chi connectivity index (χ3n) is 7.20. The van der Waals surface area contributed by atoms with Crippen LogP contribution in [0.25, 0.3) is 22.0 Å². The molecule has 1 aromatic carbocycles. The van der Waals surface area contributed by atoms with Crippen LogP contribution in [-0.4, -0.2) is 66.1 Å². The molecule has 33 heavy (non-hydrogen) atoms. The number of fused-ring (bicyclic) bond motifs is 3. The lowest BCUT2D eigenvalue weighted by molar-refractivity contribution is -0.176. The van der Waals surface area contributed by atoms with Crippen molar-refractivity contribution in [1.29, 1.82) is 0 Å². The van der Waals surface area contributed by atoms with Crippen molar-refractivity contribution in [3.05, 3.63) is 35.0 Å². The number of phenolic OH excluding ortho intramolecular Hbond substituents is 1. The molecule has 174 valence electrons. The highest BCUT2D eigenvalue weighted by molar-refractivity contribution is 7.16. The first kappa shape index (κ1) is 21.9. The Morgan fingerprint density at radius 2 is 2.03 bits per heavy atom. The maximum atomic E-state index is 15.5. The zero-order valence-electron chi connectivity index (χ0n) is 18.8. The Balaban J connectivity index is 1.39. The number of aromatic nitrogens is 5. The van der Waals surface area contributed by atoms with Gasteiger partial charge in [0, 0.05) is 24.6 Å². The minimum atomic E-state index is -1.14. The van der Waals surface area contributed by atoms with E-state index in [2.05, 4.69) is 32.0 Å². The summed E-state index contributed by atoms with van der Waals surface area (Å²) in [6.07, 6.45) is 1.30. The zero-order valence-corrected chi connectivity index (χ0v) is 19.6. The Morgan fingerprint density at radius 3 is 2.73 bits per heavy atom. The van der Waals surface area contributed by atoms with Crippen molar-refractivity contribution in [1.82, 2.24) is 29.6 Å². The Kier molecular flexibility index (Phi) is 5.02. The van der Waals surface area contributed by atoms with Crippen molar-refractivity contribution in [2.24, 2.45) is 12.5 Å². The molecule has 0 amide bonds. The maximum absolute atomic E-state index is 15.5. The van der Waals surface area contributed by atoms with Crippen LogP contribution >= 0.6 is 11.3 Å². The normalized spacial score (nSPS) is 29.4. The lowest BCUT2D eigenvalue weighted by atomic mass is 9.60. The van der Waals surface area contributed by atoms with E-state index in [9.17, 15) is 9.90 Å². The Morgan fingerprint density at radius 1 is 1.24 bits per heavy atom. The van der Waals surface area contributed by atoms with Gasteiger partial charge in [-0.05, 0) is 38.9 Å². The van der Waals surface area contributed by atoms with Crippen LogP contribution in [0.4, 0.5) is 4.39 Å².